The van der Waals surface area contributed by atoms with Gasteiger partial charge in [-0.2, -0.15) is 0 Å². The van der Waals surface area contributed by atoms with Gasteiger partial charge in [-0.15, -0.1) is 0 Å². The van der Waals surface area contributed by atoms with Crippen LogP contribution in [0.5, 0.6) is 0 Å². The quantitative estimate of drug-likeness (QED) is 0.104. The number of thioether (sulfide) groups is 1. The van der Waals surface area contributed by atoms with E-state index in [4.69, 9.17) is 4.74 Å². The summed E-state index contributed by atoms with van der Waals surface area (Å²) in [6.45, 7) is 5.96. The molecule has 0 aliphatic carbocycles. The second kappa shape index (κ2) is 16.7. The summed E-state index contributed by atoms with van der Waals surface area (Å²) in [5, 5.41) is 0. The van der Waals surface area contributed by atoms with Crippen LogP contribution in [-0.2, 0) is 29.0 Å². The van der Waals surface area contributed by atoms with Crippen molar-refractivity contribution in [3.63, 3.8) is 0 Å². The molecule has 0 amide bonds. The third kappa shape index (κ3) is 8.93. The molecule has 0 saturated heterocycles. The molecule has 0 unspecified atom stereocenters. The van der Waals surface area contributed by atoms with Crippen LogP contribution in [0, 0.1) is 0 Å². The van der Waals surface area contributed by atoms with Gasteiger partial charge in [0.15, 0.2) is 0 Å². The van der Waals surface area contributed by atoms with E-state index < -0.39 is 5.60 Å². The van der Waals surface area contributed by atoms with Crippen molar-refractivity contribution < 1.29 is 9.53 Å². The number of rotatable bonds is 15. The first kappa shape index (κ1) is 34.3. The van der Waals surface area contributed by atoms with E-state index >= 15 is 0 Å². The number of nitrogens with zero attached hydrogens (tertiary/aromatic N) is 1. The maximum absolute atomic E-state index is 14.5. The number of hydrogen-bond acceptors (Lipinski definition) is 4. The minimum atomic E-state index is -0.523. The normalized spacial score (nSPS) is 16.7. The van der Waals surface area contributed by atoms with Gasteiger partial charge in [-0.1, -0.05) is 153 Å². The Morgan fingerprint density at radius 1 is 0.694 bits per heavy atom. The molecule has 2 atom stereocenters. The Bertz CT molecular complexity index is 1770. The van der Waals surface area contributed by atoms with E-state index in [2.05, 4.69) is 158 Å². The molecule has 1 heterocycles. The van der Waals surface area contributed by atoms with E-state index in [1.54, 1.807) is 11.8 Å². The molecule has 5 aromatic carbocycles. The third-order valence-corrected chi connectivity index (χ3v) is 10.7. The van der Waals surface area contributed by atoms with Crippen LogP contribution in [0.2, 0.25) is 0 Å². The molecule has 3 nitrogen and oxygen atoms in total. The highest BCUT2D eigenvalue weighted by molar-refractivity contribution is 8.03. The van der Waals surface area contributed by atoms with Crippen molar-refractivity contribution >= 4 is 23.4 Å². The van der Waals surface area contributed by atoms with Crippen LogP contribution in [0.4, 0.5) is 5.69 Å². The minimum Gasteiger partial charge on any atom is -0.455 e. The van der Waals surface area contributed by atoms with Gasteiger partial charge < -0.3 is 9.64 Å². The lowest BCUT2D eigenvalue weighted by atomic mass is 9.80. The topological polar surface area (TPSA) is 29.5 Å². The van der Waals surface area contributed by atoms with Crippen LogP contribution in [-0.4, -0.2) is 11.6 Å². The second-order valence-electron chi connectivity index (χ2n) is 13.1. The zero-order chi connectivity index (χ0) is 33.9. The van der Waals surface area contributed by atoms with Crippen molar-refractivity contribution in [3.05, 3.63) is 178 Å². The molecule has 0 radical (unpaired) electrons. The zero-order valence-electron chi connectivity index (χ0n) is 28.8. The van der Waals surface area contributed by atoms with Crippen molar-refractivity contribution in [1.82, 2.24) is 0 Å². The van der Waals surface area contributed by atoms with Crippen LogP contribution < -0.4 is 4.90 Å². The van der Waals surface area contributed by atoms with Gasteiger partial charge in [0.25, 0.3) is 0 Å². The fourth-order valence-electron chi connectivity index (χ4n) is 7.11. The summed E-state index contributed by atoms with van der Waals surface area (Å²) in [6, 6.07) is 51.2. The molecule has 0 N–H and O–H groups in total. The van der Waals surface area contributed by atoms with Gasteiger partial charge in [0.05, 0.1) is 5.57 Å². The maximum atomic E-state index is 14.5. The Morgan fingerprint density at radius 3 is 1.84 bits per heavy atom. The van der Waals surface area contributed by atoms with Crippen molar-refractivity contribution in [2.24, 2.45) is 0 Å². The van der Waals surface area contributed by atoms with E-state index in [-0.39, 0.29) is 11.9 Å². The Hall–Kier alpha value is -4.54. The first-order valence-corrected chi connectivity index (χ1v) is 18.5. The number of ether oxygens (including phenoxy) is 1. The van der Waals surface area contributed by atoms with E-state index in [0.29, 0.717) is 0 Å². The molecule has 1 aliphatic rings. The molecule has 4 heteroatoms. The van der Waals surface area contributed by atoms with Crippen LogP contribution in [0.25, 0.3) is 0 Å². The van der Waals surface area contributed by atoms with Crippen molar-refractivity contribution in [2.75, 3.05) is 4.90 Å². The fourth-order valence-corrected chi connectivity index (χ4v) is 8.36. The van der Waals surface area contributed by atoms with Crippen molar-refractivity contribution in [3.8, 4) is 0 Å². The molecular weight excluding hydrogens is 619 g/mol. The summed E-state index contributed by atoms with van der Waals surface area (Å²) in [6.07, 6.45) is 5.03. The summed E-state index contributed by atoms with van der Waals surface area (Å²) >= 11 is 1.75. The van der Waals surface area contributed by atoms with Gasteiger partial charge in [-0.25, -0.2) is 4.79 Å². The molecule has 0 fully saturated rings. The lowest BCUT2D eigenvalue weighted by molar-refractivity contribution is -0.159. The van der Waals surface area contributed by atoms with E-state index in [0.717, 1.165) is 78.2 Å². The van der Waals surface area contributed by atoms with E-state index in [1.807, 2.05) is 6.07 Å². The SMILES string of the molecule is CCC[C@@]1(CCc2ccccc2)CC(Sc2ccccc2)=C([C@H](CC)c2cccc(N(Cc3ccccc3)Cc3ccccc3)c2)C(=O)O1. The van der Waals surface area contributed by atoms with Gasteiger partial charge in [0.2, 0.25) is 0 Å². The Kier molecular flexibility index (Phi) is 11.7. The Balaban J connectivity index is 1.37. The van der Waals surface area contributed by atoms with Gasteiger partial charge in [0, 0.05) is 40.9 Å². The predicted octanol–water partition coefficient (Wildman–Crippen LogP) is 11.6. The number of anilines is 1. The number of esters is 1. The van der Waals surface area contributed by atoms with Crippen LogP contribution >= 0.6 is 11.8 Å². The molecule has 0 saturated carbocycles. The number of cyclic esters (lactones) is 1. The molecule has 0 spiro atoms. The van der Waals surface area contributed by atoms with Crippen LogP contribution in [0.3, 0.4) is 0 Å². The Labute approximate surface area is 297 Å². The van der Waals surface area contributed by atoms with Gasteiger partial charge in [-0.3, -0.25) is 0 Å². The van der Waals surface area contributed by atoms with E-state index in [9.17, 15) is 4.79 Å². The fraction of sp³-hybridized carbons (Fsp3) is 0.267. The van der Waals surface area contributed by atoms with Crippen LogP contribution in [0.1, 0.15) is 74.1 Å². The highest BCUT2D eigenvalue weighted by Gasteiger charge is 2.43. The minimum absolute atomic E-state index is 0.0808. The molecule has 0 aromatic heterocycles. The number of carbonyl (C=O) groups is 1. The summed E-state index contributed by atoms with van der Waals surface area (Å²) in [5.74, 6) is -0.239. The first-order valence-electron chi connectivity index (χ1n) is 17.7. The van der Waals surface area contributed by atoms with Gasteiger partial charge >= 0.3 is 5.97 Å². The van der Waals surface area contributed by atoms with E-state index in [1.165, 1.54) is 16.7 Å². The van der Waals surface area contributed by atoms with Crippen molar-refractivity contribution in [2.45, 2.75) is 81.9 Å². The number of aryl methyl sites for hydroxylation is 1. The lowest BCUT2D eigenvalue weighted by Crippen LogP contribution is -2.41. The molecule has 250 valence electrons. The standard InChI is InChI=1S/C45H47NO2S/c1-3-29-45(30-28-35-18-9-5-10-19-35)32-42(49-40-26-15-8-16-27-40)43(44(47)48-45)41(4-2)38-24-17-25-39(31-38)46(33-36-20-11-6-12-21-36)34-37-22-13-7-14-23-37/h5-27,31,41H,3-4,28-30,32-34H2,1-2H3/t41-,45-/m1/s1. The highest BCUT2D eigenvalue weighted by Crippen LogP contribution is 2.48. The molecule has 5 aromatic rings. The lowest BCUT2D eigenvalue weighted by Gasteiger charge is -2.40. The van der Waals surface area contributed by atoms with Crippen molar-refractivity contribution in [1.29, 1.82) is 0 Å². The smallest absolute Gasteiger partial charge is 0.336 e. The number of benzene rings is 5. The number of hydrogen-bond donors (Lipinski definition) is 0. The number of carbonyl (C=O) groups excluding carboxylic acids is 1. The molecular formula is C45H47NO2S. The summed E-state index contributed by atoms with van der Waals surface area (Å²) in [7, 11) is 0. The average Bonchev–Trinajstić information content (AvgIpc) is 3.14. The predicted molar refractivity (Wildman–Crippen MR) is 205 cm³/mol. The monoisotopic (exact) mass is 665 g/mol. The third-order valence-electron chi connectivity index (χ3n) is 9.54. The zero-order valence-corrected chi connectivity index (χ0v) is 29.6. The van der Waals surface area contributed by atoms with Gasteiger partial charge in [0.1, 0.15) is 5.60 Å². The molecule has 0 bridgehead atoms. The second-order valence-corrected chi connectivity index (χ2v) is 14.3. The summed E-state index contributed by atoms with van der Waals surface area (Å²) in [5.41, 5.74) is 6.39. The molecule has 49 heavy (non-hydrogen) atoms. The average molecular weight is 666 g/mol. The summed E-state index contributed by atoms with van der Waals surface area (Å²) in [4.78, 5) is 19.2. The highest BCUT2D eigenvalue weighted by atomic mass is 32.2. The van der Waals surface area contributed by atoms with Crippen LogP contribution in [0.15, 0.2) is 161 Å². The summed E-state index contributed by atoms with van der Waals surface area (Å²) < 4.78 is 6.64. The molecule has 6 rings (SSSR count). The Morgan fingerprint density at radius 2 is 1.27 bits per heavy atom. The largest absolute Gasteiger partial charge is 0.455 e. The molecule has 1 aliphatic heterocycles. The first-order chi connectivity index (χ1) is 24.1. The van der Waals surface area contributed by atoms with Gasteiger partial charge in [-0.05, 0) is 72.2 Å². The maximum Gasteiger partial charge on any atom is 0.336 e.